The number of carbonyl (C=O) groups excluding carboxylic acids is 3. The van der Waals surface area contributed by atoms with Crippen LogP contribution in [0.4, 0.5) is 4.79 Å². The highest BCUT2D eigenvalue weighted by molar-refractivity contribution is 7.80. The molecule has 1 aromatic carbocycles. The van der Waals surface area contributed by atoms with Crippen LogP contribution in [0.15, 0.2) is 30.3 Å². The SMILES string of the molecule is CCOC(=O)[C@H](CS)NC(=O)[C@H](C)NC(=O)OCc1ccccc1. The summed E-state index contributed by atoms with van der Waals surface area (Å²) in [4.78, 5) is 35.3. The summed E-state index contributed by atoms with van der Waals surface area (Å²) < 4.78 is 9.86. The Labute approximate surface area is 146 Å². The van der Waals surface area contributed by atoms with E-state index in [0.717, 1.165) is 5.56 Å². The third kappa shape index (κ3) is 6.91. The lowest BCUT2D eigenvalue weighted by Gasteiger charge is -2.19. The first-order valence-corrected chi connectivity index (χ1v) is 8.16. The topological polar surface area (TPSA) is 93.7 Å². The van der Waals surface area contributed by atoms with Gasteiger partial charge in [0.15, 0.2) is 0 Å². The van der Waals surface area contributed by atoms with Gasteiger partial charge in [-0.2, -0.15) is 12.6 Å². The van der Waals surface area contributed by atoms with Gasteiger partial charge in [-0.1, -0.05) is 30.3 Å². The second-order valence-electron chi connectivity index (χ2n) is 4.92. The molecule has 24 heavy (non-hydrogen) atoms. The summed E-state index contributed by atoms with van der Waals surface area (Å²) in [6.45, 7) is 3.46. The maximum absolute atomic E-state index is 12.0. The second-order valence-corrected chi connectivity index (χ2v) is 5.29. The van der Waals surface area contributed by atoms with Crippen molar-refractivity contribution in [3.05, 3.63) is 35.9 Å². The van der Waals surface area contributed by atoms with Crippen molar-refractivity contribution in [1.29, 1.82) is 0 Å². The predicted molar refractivity (Wildman–Crippen MR) is 91.6 cm³/mol. The summed E-state index contributed by atoms with van der Waals surface area (Å²) in [7, 11) is 0. The minimum absolute atomic E-state index is 0.0930. The van der Waals surface area contributed by atoms with Crippen LogP contribution in [0.2, 0.25) is 0 Å². The first-order valence-electron chi connectivity index (χ1n) is 7.53. The first kappa shape index (κ1) is 19.8. The normalized spacial score (nSPS) is 12.6. The van der Waals surface area contributed by atoms with E-state index in [1.165, 1.54) is 6.92 Å². The van der Waals surface area contributed by atoms with E-state index in [2.05, 4.69) is 23.3 Å². The molecule has 0 aliphatic carbocycles. The fraction of sp³-hybridized carbons (Fsp3) is 0.438. The van der Waals surface area contributed by atoms with Crippen molar-refractivity contribution in [2.75, 3.05) is 12.4 Å². The summed E-state index contributed by atoms with van der Waals surface area (Å²) in [6.07, 6.45) is -0.722. The first-order chi connectivity index (χ1) is 11.5. The van der Waals surface area contributed by atoms with Gasteiger partial charge >= 0.3 is 12.1 Å². The number of benzene rings is 1. The van der Waals surface area contributed by atoms with Crippen molar-refractivity contribution in [3.8, 4) is 0 Å². The molecule has 0 heterocycles. The minimum atomic E-state index is -0.870. The Kier molecular flexibility index (Phi) is 8.70. The van der Waals surface area contributed by atoms with E-state index >= 15 is 0 Å². The molecule has 1 rings (SSSR count). The van der Waals surface area contributed by atoms with Crippen molar-refractivity contribution >= 4 is 30.6 Å². The zero-order valence-corrected chi connectivity index (χ0v) is 14.5. The third-order valence-corrected chi connectivity index (χ3v) is 3.38. The summed E-state index contributed by atoms with van der Waals surface area (Å²) >= 11 is 4.01. The number of nitrogens with one attached hydrogen (secondary N) is 2. The molecule has 8 heteroatoms. The number of hydrogen-bond donors (Lipinski definition) is 3. The van der Waals surface area contributed by atoms with Crippen LogP contribution >= 0.6 is 12.6 Å². The molecule has 0 aliphatic heterocycles. The molecule has 7 nitrogen and oxygen atoms in total. The van der Waals surface area contributed by atoms with E-state index in [0.29, 0.717) is 0 Å². The molecule has 0 bridgehead atoms. The van der Waals surface area contributed by atoms with Crippen LogP contribution in [-0.2, 0) is 25.7 Å². The average molecular weight is 354 g/mol. The Morgan fingerprint density at radius 1 is 1.12 bits per heavy atom. The maximum atomic E-state index is 12.0. The largest absolute Gasteiger partial charge is 0.464 e. The van der Waals surface area contributed by atoms with E-state index in [-0.39, 0.29) is 19.0 Å². The molecule has 2 atom stereocenters. The highest BCUT2D eigenvalue weighted by Crippen LogP contribution is 2.01. The third-order valence-electron chi connectivity index (χ3n) is 3.01. The van der Waals surface area contributed by atoms with E-state index in [4.69, 9.17) is 9.47 Å². The Morgan fingerprint density at radius 2 is 1.79 bits per heavy atom. The molecule has 0 aromatic heterocycles. The van der Waals surface area contributed by atoms with E-state index in [1.807, 2.05) is 30.3 Å². The van der Waals surface area contributed by atoms with Crippen molar-refractivity contribution in [2.45, 2.75) is 32.5 Å². The zero-order valence-electron chi connectivity index (χ0n) is 13.7. The number of esters is 1. The highest BCUT2D eigenvalue weighted by atomic mass is 32.1. The fourth-order valence-electron chi connectivity index (χ4n) is 1.73. The molecule has 2 N–H and O–H groups in total. The van der Waals surface area contributed by atoms with Crippen molar-refractivity contribution in [3.63, 3.8) is 0 Å². The van der Waals surface area contributed by atoms with Crippen molar-refractivity contribution < 1.29 is 23.9 Å². The van der Waals surface area contributed by atoms with Crippen LogP contribution < -0.4 is 10.6 Å². The van der Waals surface area contributed by atoms with Gasteiger partial charge in [0, 0.05) is 5.75 Å². The molecule has 0 unspecified atom stereocenters. The van der Waals surface area contributed by atoms with Crippen molar-refractivity contribution in [2.24, 2.45) is 0 Å². The average Bonchev–Trinajstić information content (AvgIpc) is 2.58. The lowest BCUT2D eigenvalue weighted by molar-refractivity contribution is -0.146. The quantitative estimate of drug-likeness (QED) is 0.483. The summed E-state index contributed by atoms with van der Waals surface area (Å²) in [5, 5.41) is 4.87. The minimum Gasteiger partial charge on any atom is -0.464 e. The molecule has 0 aliphatic rings. The van der Waals surface area contributed by atoms with E-state index < -0.39 is 30.1 Å². The standard InChI is InChI=1S/C16H22N2O5S/c1-3-22-15(20)13(10-24)18-14(19)11(2)17-16(21)23-9-12-7-5-4-6-8-12/h4-8,11,13,24H,3,9-10H2,1-2H3,(H,17,21)(H,18,19)/t11-,13-/m0/s1. The number of hydrogen-bond acceptors (Lipinski definition) is 6. The molecule has 0 fully saturated rings. The number of carbonyl (C=O) groups is 3. The molecular weight excluding hydrogens is 332 g/mol. The Balaban J connectivity index is 2.42. The number of thiol groups is 1. The van der Waals surface area contributed by atoms with E-state index in [9.17, 15) is 14.4 Å². The van der Waals surface area contributed by atoms with Gasteiger partial charge in [-0.3, -0.25) is 4.79 Å². The maximum Gasteiger partial charge on any atom is 0.408 e. The smallest absolute Gasteiger partial charge is 0.408 e. The molecule has 0 saturated heterocycles. The van der Waals surface area contributed by atoms with Gasteiger partial charge in [0.1, 0.15) is 18.7 Å². The van der Waals surface area contributed by atoms with Crippen LogP contribution in [0.25, 0.3) is 0 Å². The lowest BCUT2D eigenvalue weighted by Crippen LogP contribution is -2.51. The second kappa shape index (κ2) is 10.5. The molecule has 132 valence electrons. The van der Waals surface area contributed by atoms with Gasteiger partial charge in [0.2, 0.25) is 5.91 Å². The van der Waals surface area contributed by atoms with Crippen LogP contribution in [0.1, 0.15) is 19.4 Å². The van der Waals surface area contributed by atoms with Crippen LogP contribution in [0.3, 0.4) is 0 Å². The van der Waals surface area contributed by atoms with Crippen LogP contribution in [-0.4, -0.2) is 42.4 Å². The number of ether oxygens (including phenoxy) is 2. The van der Waals surface area contributed by atoms with Gasteiger partial charge in [0.25, 0.3) is 0 Å². The molecule has 2 amide bonds. The Bertz CT molecular complexity index is 553. The zero-order chi connectivity index (χ0) is 17.9. The summed E-state index contributed by atoms with van der Waals surface area (Å²) in [6, 6.07) is 7.42. The van der Waals surface area contributed by atoms with Gasteiger partial charge < -0.3 is 20.1 Å². The van der Waals surface area contributed by atoms with Gasteiger partial charge in [-0.15, -0.1) is 0 Å². The number of rotatable bonds is 8. The highest BCUT2D eigenvalue weighted by Gasteiger charge is 2.24. The van der Waals surface area contributed by atoms with E-state index in [1.54, 1.807) is 6.92 Å². The fourth-order valence-corrected chi connectivity index (χ4v) is 1.97. The lowest BCUT2D eigenvalue weighted by atomic mass is 10.2. The van der Waals surface area contributed by atoms with Gasteiger partial charge in [-0.05, 0) is 19.4 Å². The predicted octanol–water partition coefficient (Wildman–Crippen LogP) is 1.28. The van der Waals surface area contributed by atoms with Gasteiger partial charge in [-0.25, -0.2) is 9.59 Å². The molecule has 0 radical (unpaired) electrons. The Hall–Kier alpha value is -2.22. The van der Waals surface area contributed by atoms with Crippen LogP contribution in [0, 0.1) is 0 Å². The molecule has 0 saturated carbocycles. The Morgan fingerprint density at radius 3 is 2.38 bits per heavy atom. The van der Waals surface area contributed by atoms with Crippen molar-refractivity contribution in [1.82, 2.24) is 10.6 Å². The molecule has 1 aromatic rings. The molecular formula is C16H22N2O5S. The van der Waals surface area contributed by atoms with Gasteiger partial charge in [0.05, 0.1) is 6.61 Å². The number of amides is 2. The monoisotopic (exact) mass is 354 g/mol. The summed E-state index contributed by atoms with van der Waals surface area (Å²) in [5.74, 6) is -1.01. The van der Waals surface area contributed by atoms with Crippen LogP contribution in [0.5, 0.6) is 0 Å². The molecule has 0 spiro atoms. The number of alkyl carbamates (subject to hydrolysis) is 1. The summed E-state index contributed by atoms with van der Waals surface area (Å²) in [5.41, 5.74) is 0.835.